The van der Waals surface area contributed by atoms with E-state index in [-0.39, 0.29) is 0 Å². The van der Waals surface area contributed by atoms with Gasteiger partial charge in [-0.3, -0.25) is 4.57 Å². The van der Waals surface area contributed by atoms with Crippen molar-refractivity contribution in [3.05, 3.63) is 40.6 Å². The van der Waals surface area contributed by atoms with Crippen molar-refractivity contribution in [3.8, 4) is 11.3 Å². The third-order valence-corrected chi connectivity index (χ3v) is 7.64. The van der Waals surface area contributed by atoms with Crippen LogP contribution in [0.4, 0.5) is 5.69 Å². The molecule has 0 spiro atoms. The fourth-order valence-corrected chi connectivity index (χ4v) is 4.73. The molecule has 0 amide bonds. The third kappa shape index (κ3) is 5.41. The van der Waals surface area contributed by atoms with E-state index >= 15 is 0 Å². The predicted molar refractivity (Wildman–Crippen MR) is 130 cm³/mol. The molecule has 4 rings (SSSR count). The number of aromatic nitrogens is 3. The zero-order valence-corrected chi connectivity index (χ0v) is 20.7. The Balaban J connectivity index is 1.57. The molecular weight excluding hydrogens is 451 g/mol. The Morgan fingerprint density at radius 2 is 1.77 bits per heavy atom. The molecule has 0 saturated carbocycles. The van der Waals surface area contributed by atoms with Crippen molar-refractivity contribution in [1.29, 1.82) is 0 Å². The van der Waals surface area contributed by atoms with Crippen LogP contribution in [-0.4, -0.2) is 55.5 Å². The number of imidazole rings is 1. The van der Waals surface area contributed by atoms with E-state index in [1.54, 1.807) is 4.57 Å². The number of fused-ring (bicyclic) bond motifs is 1. The fourth-order valence-electron chi connectivity index (χ4n) is 3.50. The van der Waals surface area contributed by atoms with E-state index in [4.69, 9.17) is 37.7 Å². The molecule has 2 aromatic heterocycles. The second-order valence-corrected chi connectivity index (χ2v) is 15.3. The topological polar surface area (TPSA) is 52.4 Å². The minimum Gasteiger partial charge on any atom is -0.378 e. The summed E-state index contributed by atoms with van der Waals surface area (Å²) >= 11 is 12.9. The maximum atomic E-state index is 6.56. The average Bonchev–Trinajstić information content (AvgIpc) is 3.04. The molecular formula is C22H28Cl2N4O2Si. The largest absolute Gasteiger partial charge is 0.378 e. The standard InChI is InChI=1S/C22H28Cl2N4O2Si/c1-31(2,3)13-12-30-15-28-21-19(25-22(28)24)14-18(23)20(26-21)16-4-6-17(7-5-16)27-8-10-29-11-9-27/h4-7,14H,8-13,15H2,1-3H3. The van der Waals surface area contributed by atoms with Crippen molar-refractivity contribution >= 4 is 48.1 Å². The van der Waals surface area contributed by atoms with Gasteiger partial charge >= 0.3 is 0 Å². The van der Waals surface area contributed by atoms with Gasteiger partial charge < -0.3 is 14.4 Å². The highest BCUT2D eigenvalue weighted by molar-refractivity contribution is 6.76. The Hall–Kier alpha value is -1.64. The smallest absolute Gasteiger partial charge is 0.206 e. The highest BCUT2D eigenvalue weighted by Gasteiger charge is 2.17. The lowest BCUT2D eigenvalue weighted by Gasteiger charge is -2.28. The summed E-state index contributed by atoms with van der Waals surface area (Å²) in [6.07, 6.45) is 0. The molecule has 3 heterocycles. The Morgan fingerprint density at radius 3 is 2.45 bits per heavy atom. The molecule has 0 radical (unpaired) electrons. The summed E-state index contributed by atoms with van der Waals surface area (Å²) in [5, 5.41) is 0.902. The first-order chi connectivity index (χ1) is 14.8. The second kappa shape index (κ2) is 9.46. The van der Waals surface area contributed by atoms with Gasteiger partial charge in [0.15, 0.2) is 5.65 Å². The van der Waals surface area contributed by atoms with E-state index in [1.165, 1.54) is 5.69 Å². The minimum atomic E-state index is -1.15. The number of anilines is 1. The number of ether oxygens (including phenoxy) is 2. The van der Waals surface area contributed by atoms with Crippen LogP contribution in [0, 0.1) is 0 Å². The summed E-state index contributed by atoms with van der Waals surface area (Å²) in [5.74, 6) is 0. The van der Waals surface area contributed by atoms with Gasteiger partial charge in [-0.2, -0.15) is 0 Å². The van der Waals surface area contributed by atoms with E-state index in [1.807, 2.05) is 6.07 Å². The molecule has 1 aliphatic heterocycles. The molecule has 1 aliphatic rings. The van der Waals surface area contributed by atoms with Crippen molar-refractivity contribution in [3.63, 3.8) is 0 Å². The molecule has 1 saturated heterocycles. The molecule has 0 atom stereocenters. The summed E-state index contributed by atoms with van der Waals surface area (Å²) in [6.45, 7) is 11.3. The van der Waals surface area contributed by atoms with Gasteiger partial charge in [-0.15, -0.1) is 0 Å². The lowest BCUT2D eigenvalue weighted by atomic mass is 10.1. The van der Waals surface area contributed by atoms with Gasteiger partial charge in [0.25, 0.3) is 0 Å². The molecule has 0 N–H and O–H groups in total. The normalized spacial score (nSPS) is 15.1. The summed E-state index contributed by atoms with van der Waals surface area (Å²) < 4.78 is 13.1. The summed E-state index contributed by atoms with van der Waals surface area (Å²) in [7, 11) is -1.15. The van der Waals surface area contributed by atoms with Crippen LogP contribution >= 0.6 is 23.2 Å². The van der Waals surface area contributed by atoms with Gasteiger partial charge in [-0.1, -0.05) is 43.4 Å². The van der Waals surface area contributed by atoms with Crippen LogP contribution < -0.4 is 4.90 Å². The van der Waals surface area contributed by atoms with Crippen LogP contribution in [0.25, 0.3) is 22.4 Å². The van der Waals surface area contributed by atoms with Crippen molar-refractivity contribution in [2.45, 2.75) is 32.4 Å². The molecule has 1 aromatic carbocycles. The molecule has 6 nitrogen and oxygen atoms in total. The third-order valence-electron chi connectivity index (χ3n) is 5.36. The zero-order valence-electron chi connectivity index (χ0n) is 18.2. The number of nitrogens with zero attached hydrogens (tertiary/aromatic N) is 4. The molecule has 1 fully saturated rings. The monoisotopic (exact) mass is 478 g/mol. The van der Waals surface area contributed by atoms with Crippen molar-refractivity contribution in [1.82, 2.24) is 14.5 Å². The number of benzene rings is 1. The van der Waals surface area contributed by atoms with Crippen molar-refractivity contribution < 1.29 is 9.47 Å². The Bertz CT molecular complexity index is 1040. The summed E-state index contributed by atoms with van der Waals surface area (Å²) in [5.41, 5.74) is 4.18. The van der Waals surface area contributed by atoms with Crippen molar-refractivity contribution in [2.24, 2.45) is 0 Å². The summed E-state index contributed by atoms with van der Waals surface area (Å²) in [4.78, 5) is 11.5. The van der Waals surface area contributed by atoms with Crippen LogP contribution in [-0.2, 0) is 16.2 Å². The first-order valence-electron chi connectivity index (χ1n) is 10.5. The average molecular weight is 479 g/mol. The number of hydrogen-bond acceptors (Lipinski definition) is 5. The molecule has 9 heteroatoms. The van der Waals surface area contributed by atoms with Crippen LogP contribution in [0.15, 0.2) is 30.3 Å². The van der Waals surface area contributed by atoms with Gasteiger partial charge in [-0.25, -0.2) is 9.97 Å². The van der Waals surface area contributed by atoms with Gasteiger partial charge in [0.05, 0.1) is 23.9 Å². The lowest BCUT2D eigenvalue weighted by Crippen LogP contribution is -2.36. The zero-order chi connectivity index (χ0) is 22.0. The van der Waals surface area contributed by atoms with Crippen LogP contribution in [0.1, 0.15) is 0 Å². The minimum absolute atomic E-state index is 0.323. The van der Waals surface area contributed by atoms with Crippen LogP contribution in [0.5, 0.6) is 0 Å². The lowest BCUT2D eigenvalue weighted by molar-refractivity contribution is 0.0897. The molecule has 0 bridgehead atoms. The molecule has 3 aromatic rings. The number of pyridine rings is 1. The maximum Gasteiger partial charge on any atom is 0.206 e. The quantitative estimate of drug-likeness (QED) is 0.328. The predicted octanol–water partition coefficient (Wildman–Crippen LogP) is 5.55. The first-order valence-corrected chi connectivity index (χ1v) is 15.0. The second-order valence-electron chi connectivity index (χ2n) is 8.96. The van der Waals surface area contributed by atoms with E-state index in [2.05, 4.69) is 53.8 Å². The van der Waals surface area contributed by atoms with E-state index < -0.39 is 8.07 Å². The highest BCUT2D eigenvalue weighted by Crippen LogP contribution is 2.32. The van der Waals surface area contributed by atoms with Gasteiger partial charge in [0, 0.05) is 39.0 Å². The Labute approximate surface area is 194 Å². The Kier molecular flexibility index (Phi) is 6.88. The van der Waals surface area contributed by atoms with Crippen molar-refractivity contribution in [2.75, 3.05) is 37.8 Å². The van der Waals surface area contributed by atoms with Gasteiger partial charge in [0.2, 0.25) is 5.28 Å². The number of hydrogen-bond donors (Lipinski definition) is 0. The Morgan fingerprint density at radius 1 is 1.06 bits per heavy atom. The number of halogens is 2. The van der Waals surface area contributed by atoms with Crippen LogP contribution in [0.2, 0.25) is 36.0 Å². The van der Waals surface area contributed by atoms with E-state index in [9.17, 15) is 0 Å². The SMILES string of the molecule is C[Si](C)(C)CCOCn1c(Cl)nc2cc(Cl)c(-c3ccc(N4CCOCC4)cc3)nc21. The summed E-state index contributed by atoms with van der Waals surface area (Å²) in [6, 6.07) is 11.2. The maximum absolute atomic E-state index is 6.56. The molecule has 31 heavy (non-hydrogen) atoms. The fraction of sp³-hybridized carbons (Fsp3) is 0.455. The molecule has 0 unspecified atom stereocenters. The highest BCUT2D eigenvalue weighted by atomic mass is 35.5. The number of rotatable bonds is 7. The van der Waals surface area contributed by atoms with Gasteiger partial charge in [0.1, 0.15) is 12.2 Å². The molecule has 166 valence electrons. The molecule has 0 aliphatic carbocycles. The first kappa shape index (κ1) is 22.5. The van der Waals surface area contributed by atoms with Crippen LogP contribution in [0.3, 0.4) is 0 Å². The van der Waals surface area contributed by atoms with E-state index in [0.717, 1.165) is 37.9 Å². The van der Waals surface area contributed by atoms with E-state index in [0.29, 0.717) is 40.5 Å². The van der Waals surface area contributed by atoms with Gasteiger partial charge in [-0.05, 0) is 35.8 Å². The number of morpholine rings is 1.